The van der Waals surface area contributed by atoms with E-state index in [2.05, 4.69) is 22.1 Å². The smallest absolute Gasteiger partial charge is 0.253 e. The van der Waals surface area contributed by atoms with E-state index in [-0.39, 0.29) is 11.8 Å². The van der Waals surface area contributed by atoms with Gasteiger partial charge in [0.2, 0.25) is 5.91 Å². The van der Waals surface area contributed by atoms with Crippen LogP contribution in [0.1, 0.15) is 15.9 Å². The summed E-state index contributed by atoms with van der Waals surface area (Å²) < 4.78 is 0. The van der Waals surface area contributed by atoms with Crippen molar-refractivity contribution in [2.45, 2.75) is 6.42 Å². The molecule has 2 heterocycles. The number of carbonyl (C=O) groups is 2. The summed E-state index contributed by atoms with van der Waals surface area (Å²) in [7, 11) is 0. The molecule has 0 spiro atoms. The van der Waals surface area contributed by atoms with Gasteiger partial charge in [-0.25, -0.2) is 0 Å². The summed E-state index contributed by atoms with van der Waals surface area (Å²) >= 11 is 0. The Morgan fingerprint density at radius 2 is 2.04 bits per heavy atom. The summed E-state index contributed by atoms with van der Waals surface area (Å²) in [4.78, 5) is 28.4. The molecule has 0 aliphatic carbocycles. The molecule has 0 atom stereocenters. The summed E-state index contributed by atoms with van der Waals surface area (Å²) in [6.07, 6.45) is 2.64. The predicted octanol–water partition coefficient (Wildman–Crippen LogP) is 0.715. The highest BCUT2D eigenvalue weighted by atomic mass is 16.2. The highest BCUT2D eigenvalue weighted by molar-refractivity contribution is 5.95. The molecule has 1 aromatic rings. The van der Waals surface area contributed by atoms with E-state index >= 15 is 0 Å². The second-order valence-corrected chi connectivity index (χ2v) is 6.21. The van der Waals surface area contributed by atoms with Crippen LogP contribution in [0.25, 0.3) is 0 Å². The Bertz CT molecular complexity index is 636. The van der Waals surface area contributed by atoms with Gasteiger partial charge in [0.25, 0.3) is 5.91 Å². The van der Waals surface area contributed by atoms with Crippen LogP contribution in [0, 0.1) is 0 Å². The highest BCUT2D eigenvalue weighted by Gasteiger charge is 2.24. The van der Waals surface area contributed by atoms with E-state index in [1.54, 1.807) is 6.08 Å². The van der Waals surface area contributed by atoms with Crippen LogP contribution in [0.5, 0.6) is 0 Å². The van der Waals surface area contributed by atoms with Crippen molar-refractivity contribution in [1.29, 1.82) is 0 Å². The minimum Gasteiger partial charge on any atom is -0.384 e. The number of hydrogen-bond acceptors (Lipinski definition) is 4. The van der Waals surface area contributed by atoms with Gasteiger partial charge < -0.3 is 15.5 Å². The first-order valence-corrected chi connectivity index (χ1v) is 8.43. The van der Waals surface area contributed by atoms with Crippen LogP contribution >= 0.6 is 0 Å². The van der Waals surface area contributed by atoms with Gasteiger partial charge in [-0.05, 0) is 30.2 Å². The molecule has 3 rings (SSSR count). The zero-order valence-electron chi connectivity index (χ0n) is 13.9. The number of piperazine rings is 1. The van der Waals surface area contributed by atoms with Crippen molar-refractivity contribution in [2.75, 3.05) is 51.1 Å². The third-order valence-electron chi connectivity index (χ3n) is 4.53. The van der Waals surface area contributed by atoms with E-state index in [1.807, 2.05) is 23.1 Å². The summed E-state index contributed by atoms with van der Waals surface area (Å²) in [5.74, 6) is 0.0845. The van der Waals surface area contributed by atoms with E-state index in [9.17, 15) is 9.59 Å². The molecule has 2 N–H and O–H groups in total. The van der Waals surface area contributed by atoms with E-state index in [1.165, 1.54) is 5.56 Å². The molecule has 24 heavy (non-hydrogen) atoms. The molecule has 2 amide bonds. The third kappa shape index (κ3) is 3.76. The van der Waals surface area contributed by atoms with Crippen LogP contribution in [0.15, 0.2) is 30.9 Å². The molecule has 1 fully saturated rings. The largest absolute Gasteiger partial charge is 0.384 e. The molecule has 0 saturated carbocycles. The summed E-state index contributed by atoms with van der Waals surface area (Å²) in [5, 5.41) is 6.09. The van der Waals surface area contributed by atoms with Crippen LogP contribution in [0.2, 0.25) is 0 Å². The van der Waals surface area contributed by atoms with E-state index < -0.39 is 0 Å². The molecule has 0 aromatic heterocycles. The number of fused-ring (bicyclic) bond motifs is 1. The van der Waals surface area contributed by atoms with Gasteiger partial charge in [-0.1, -0.05) is 6.08 Å². The van der Waals surface area contributed by atoms with Crippen LogP contribution in [0.3, 0.4) is 0 Å². The molecule has 0 unspecified atom stereocenters. The van der Waals surface area contributed by atoms with Gasteiger partial charge >= 0.3 is 0 Å². The molecule has 6 nitrogen and oxygen atoms in total. The van der Waals surface area contributed by atoms with Gasteiger partial charge in [0, 0.05) is 50.5 Å². The van der Waals surface area contributed by atoms with E-state index in [0.29, 0.717) is 26.2 Å². The van der Waals surface area contributed by atoms with Crippen molar-refractivity contribution in [3.63, 3.8) is 0 Å². The Hall–Kier alpha value is -2.34. The molecule has 0 radical (unpaired) electrons. The molecule has 1 aromatic carbocycles. The van der Waals surface area contributed by atoms with Gasteiger partial charge in [-0.15, -0.1) is 6.58 Å². The van der Waals surface area contributed by atoms with Crippen molar-refractivity contribution in [3.05, 3.63) is 42.0 Å². The molecular weight excluding hydrogens is 304 g/mol. The van der Waals surface area contributed by atoms with Crippen molar-refractivity contribution in [2.24, 2.45) is 0 Å². The lowest BCUT2D eigenvalue weighted by molar-refractivity contribution is -0.122. The average molecular weight is 328 g/mol. The van der Waals surface area contributed by atoms with Gasteiger partial charge in [0.1, 0.15) is 0 Å². The van der Waals surface area contributed by atoms with Gasteiger partial charge in [-0.3, -0.25) is 14.5 Å². The molecule has 2 aliphatic heterocycles. The monoisotopic (exact) mass is 328 g/mol. The van der Waals surface area contributed by atoms with Crippen LogP contribution in [-0.2, 0) is 11.2 Å². The maximum absolute atomic E-state index is 12.7. The minimum absolute atomic E-state index is 0.000740. The number of nitrogens with one attached hydrogen (secondary N) is 2. The first kappa shape index (κ1) is 16.5. The number of carbonyl (C=O) groups excluding carboxylic acids is 2. The Balaban J connectivity index is 1.52. The average Bonchev–Trinajstić information content (AvgIpc) is 3.07. The third-order valence-corrected chi connectivity index (χ3v) is 4.53. The number of rotatable bonds is 5. The molecule has 128 valence electrons. The molecule has 1 saturated heterocycles. The fourth-order valence-corrected chi connectivity index (χ4v) is 3.17. The Labute approximate surface area is 142 Å². The van der Waals surface area contributed by atoms with E-state index in [4.69, 9.17) is 0 Å². The standard InChI is InChI=1S/C18H24N4O2/c1-2-6-20-17(23)13-21-8-10-22(11-9-21)18(24)15-3-4-16-14(12-15)5-7-19-16/h2-4,12,19H,1,5-11,13H2,(H,20,23). The second kappa shape index (κ2) is 7.49. The number of amides is 2. The van der Waals surface area contributed by atoms with Crippen molar-refractivity contribution >= 4 is 17.5 Å². The number of anilines is 1. The van der Waals surface area contributed by atoms with Gasteiger partial charge in [0.15, 0.2) is 0 Å². The number of hydrogen-bond donors (Lipinski definition) is 2. The normalized spacial score (nSPS) is 17.1. The summed E-state index contributed by atoms with van der Waals surface area (Å²) in [6.45, 7) is 8.15. The SMILES string of the molecule is C=CCNC(=O)CN1CCN(C(=O)c2ccc3c(c2)CCN3)CC1. The Kier molecular flexibility index (Phi) is 5.15. The maximum Gasteiger partial charge on any atom is 0.253 e. The van der Waals surface area contributed by atoms with Crippen LogP contribution < -0.4 is 10.6 Å². The predicted molar refractivity (Wildman–Crippen MR) is 94.2 cm³/mol. The zero-order valence-corrected chi connectivity index (χ0v) is 13.9. The molecule has 2 aliphatic rings. The topological polar surface area (TPSA) is 64.7 Å². The fraction of sp³-hybridized carbons (Fsp3) is 0.444. The quantitative estimate of drug-likeness (QED) is 0.782. The first-order valence-electron chi connectivity index (χ1n) is 8.43. The van der Waals surface area contributed by atoms with Crippen LogP contribution in [0.4, 0.5) is 5.69 Å². The lowest BCUT2D eigenvalue weighted by Crippen LogP contribution is -2.51. The van der Waals surface area contributed by atoms with Crippen molar-refractivity contribution in [1.82, 2.24) is 15.1 Å². The highest BCUT2D eigenvalue weighted by Crippen LogP contribution is 2.23. The summed E-state index contributed by atoms with van der Waals surface area (Å²) in [5.41, 5.74) is 3.12. The summed E-state index contributed by atoms with van der Waals surface area (Å²) in [6, 6.07) is 5.90. The second-order valence-electron chi connectivity index (χ2n) is 6.21. The first-order chi connectivity index (χ1) is 11.7. The fourth-order valence-electron chi connectivity index (χ4n) is 3.17. The van der Waals surface area contributed by atoms with E-state index in [0.717, 1.165) is 37.3 Å². The van der Waals surface area contributed by atoms with Crippen LogP contribution in [-0.4, -0.2) is 67.4 Å². The molecule has 6 heteroatoms. The number of nitrogens with zero attached hydrogens (tertiary/aromatic N) is 2. The lowest BCUT2D eigenvalue weighted by Gasteiger charge is -2.34. The maximum atomic E-state index is 12.7. The Morgan fingerprint density at radius 1 is 1.25 bits per heavy atom. The Morgan fingerprint density at radius 3 is 2.79 bits per heavy atom. The zero-order chi connectivity index (χ0) is 16.9. The molecule has 0 bridgehead atoms. The number of benzene rings is 1. The minimum atomic E-state index is 0.000740. The lowest BCUT2D eigenvalue weighted by atomic mass is 10.1. The van der Waals surface area contributed by atoms with Crippen molar-refractivity contribution in [3.8, 4) is 0 Å². The molecular formula is C18H24N4O2. The van der Waals surface area contributed by atoms with Crippen molar-refractivity contribution < 1.29 is 9.59 Å². The van der Waals surface area contributed by atoms with Gasteiger partial charge in [0.05, 0.1) is 6.54 Å². The van der Waals surface area contributed by atoms with Gasteiger partial charge in [-0.2, -0.15) is 0 Å².